The molecule has 0 unspecified atom stereocenters. The second-order valence-electron chi connectivity index (χ2n) is 19.8. The summed E-state index contributed by atoms with van der Waals surface area (Å²) in [7, 11) is 0. The summed E-state index contributed by atoms with van der Waals surface area (Å²) < 4.78 is 1.92. The molecule has 3 aliphatic heterocycles. The number of thiazole rings is 1. The number of carboxylic acid groups (broad SMARTS) is 1. The number of fused-ring (bicyclic) bond motifs is 4. The molecule has 6 heterocycles. The summed E-state index contributed by atoms with van der Waals surface area (Å²) in [6, 6.07) is 18.4. The molecule has 3 aromatic carbocycles. The smallest absolute Gasteiger partial charge is 0.306 e. The molecular weight excluding hydrogens is 939 g/mol. The number of hydrogen-bond acceptors (Lipinski definition) is 12. The van der Waals surface area contributed by atoms with Crippen LogP contribution in [0.1, 0.15) is 109 Å². The van der Waals surface area contributed by atoms with E-state index in [1.807, 2.05) is 132 Å². The first kappa shape index (κ1) is 49.1. The molecule has 368 valence electrons. The Morgan fingerprint density at radius 2 is 1.58 bits per heavy atom. The molecule has 6 aromatic rings. The maximum Gasteiger partial charge on any atom is 0.306 e. The van der Waals surface area contributed by atoms with Crippen LogP contribution < -0.4 is 15.5 Å². The number of anilines is 1. The summed E-state index contributed by atoms with van der Waals surface area (Å²) in [5.74, 6) is -1.55. The predicted octanol–water partition coefficient (Wildman–Crippen LogP) is 7.37. The molecule has 3 aliphatic rings. The van der Waals surface area contributed by atoms with Crippen molar-refractivity contribution in [3.8, 4) is 26.6 Å². The Morgan fingerprint density at radius 1 is 0.887 bits per heavy atom. The van der Waals surface area contributed by atoms with E-state index >= 15 is 0 Å². The van der Waals surface area contributed by atoms with Crippen molar-refractivity contribution in [3.05, 3.63) is 122 Å². The number of carboxylic acids is 1. The molecule has 0 radical (unpaired) electrons. The number of thiophene rings is 1. The van der Waals surface area contributed by atoms with Gasteiger partial charge >= 0.3 is 5.97 Å². The summed E-state index contributed by atoms with van der Waals surface area (Å²) in [6.07, 6.45) is -0.443. The third-order valence-electron chi connectivity index (χ3n) is 13.7. The van der Waals surface area contributed by atoms with Crippen LogP contribution in [-0.2, 0) is 30.4 Å². The first-order valence-corrected chi connectivity index (χ1v) is 25.4. The fourth-order valence-electron chi connectivity index (χ4n) is 9.77. The first-order valence-electron chi connectivity index (χ1n) is 23.7. The number of amides is 4. The zero-order chi connectivity index (χ0) is 50.6. The van der Waals surface area contributed by atoms with Crippen LogP contribution in [0.15, 0.2) is 77.2 Å². The minimum atomic E-state index is -1.09. The van der Waals surface area contributed by atoms with Gasteiger partial charge in [-0.1, -0.05) is 81.4 Å². The molecule has 18 heteroatoms. The molecule has 0 aliphatic carbocycles. The lowest BCUT2D eigenvalue weighted by Crippen LogP contribution is -2.59. The quantitative estimate of drug-likeness (QED) is 0.0956. The van der Waals surface area contributed by atoms with E-state index in [4.69, 9.17) is 4.99 Å². The minimum Gasteiger partial charge on any atom is -0.481 e. The van der Waals surface area contributed by atoms with E-state index < -0.39 is 59.4 Å². The average Bonchev–Trinajstić information content (AvgIpc) is 4.10. The lowest BCUT2D eigenvalue weighted by atomic mass is 9.85. The number of hydrogen-bond donors (Lipinski definition) is 4. The number of rotatable bonds is 12. The van der Waals surface area contributed by atoms with E-state index in [2.05, 4.69) is 25.8 Å². The largest absolute Gasteiger partial charge is 0.481 e. The SMILES string of the molecule is Cc1ncsc1-c1ccc([C@H](C)NC(=O)[C@@H]2C[C@@H](O)CN2C(=O)[C@@H](NC(=O)CN2C(=O)CCc3ccc(-c4ccc(C5=N[C@@H](CC(=O)O)c6nnc(C)n6-c6sc(C)c(C)c65)cc4)cc32)C(C)(C)C)cc1. The van der Waals surface area contributed by atoms with Crippen molar-refractivity contribution >= 4 is 63.7 Å². The highest BCUT2D eigenvalue weighted by molar-refractivity contribution is 7.15. The number of β-amino-alcohol motifs (C(OH)–C–C–N with tert-alkyl or cyclic N) is 1. The van der Waals surface area contributed by atoms with Gasteiger partial charge in [-0.2, -0.15) is 0 Å². The van der Waals surface area contributed by atoms with E-state index in [1.165, 1.54) is 9.80 Å². The molecule has 1 fully saturated rings. The summed E-state index contributed by atoms with van der Waals surface area (Å²) in [5, 5.41) is 36.2. The molecule has 9 rings (SSSR count). The van der Waals surface area contributed by atoms with E-state index in [0.29, 0.717) is 29.5 Å². The van der Waals surface area contributed by atoms with Crippen LogP contribution in [0.25, 0.3) is 26.6 Å². The zero-order valence-corrected chi connectivity index (χ0v) is 42.6. The lowest BCUT2D eigenvalue weighted by molar-refractivity contribution is -0.144. The number of carbonyl (C=O) groups excluding carboxylic acids is 4. The summed E-state index contributed by atoms with van der Waals surface area (Å²) in [5.41, 5.74) is 10.4. The number of carbonyl (C=O) groups is 5. The topological polar surface area (TPSA) is 212 Å². The first-order chi connectivity index (χ1) is 33.8. The van der Waals surface area contributed by atoms with Gasteiger partial charge in [0.15, 0.2) is 5.82 Å². The van der Waals surface area contributed by atoms with Crippen molar-refractivity contribution < 1.29 is 34.2 Å². The number of aryl methyl sites for hydroxylation is 4. The number of likely N-dealkylation sites (tertiary alicyclic amines) is 1. The number of aliphatic carboxylic acids is 1. The Morgan fingerprint density at radius 3 is 2.25 bits per heavy atom. The van der Waals surface area contributed by atoms with Gasteiger partial charge in [-0.25, -0.2) is 4.98 Å². The van der Waals surface area contributed by atoms with Crippen molar-refractivity contribution in [2.45, 2.75) is 111 Å². The molecule has 16 nitrogen and oxygen atoms in total. The minimum absolute atomic E-state index is 0.0457. The molecule has 1 saturated heterocycles. The van der Waals surface area contributed by atoms with Gasteiger partial charge in [-0.05, 0) is 85.9 Å². The van der Waals surface area contributed by atoms with Crippen molar-refractivity contribution in [1.82, 2.24) is 35.3 Å². The summed E-state index contributed by atoms with van der Waals surface area (Å²) in [4.78, 5) is 82.7. The lowest BCUT2D eigenvalue weighted by Gasteiger charge is -2.36. The van der Waals surface area contributed by atoms with E-state index in [-0.39, 0.29) is 38.3 Å². The normalized spacial score (nSPS) is 18.5. The molecule has 5 atom stereocenters. The molecule has 71 heavy (non-hydrogen) atoms. The molecule has 0 bridgehead atoms. The van der Waals surface area contributed by atoms with Crippen molar-refractivity contribution in [3.63, 3.8) is 0 Å². The third kappa shape index (κ3) is 9.67. The van der Waals surface area contributed by atoms with Gasteiger partial charge in [0, 0.05) is 41.1 Å². The third-order valence-corrected chi connectivity index (χ3v) is 15.9. The Labute approximate surface area is 419 Å². The second-order valence-corrected chi connectivity index (χ2v) is 21.8. The van der Waals surface area contributed by atoms with Crippen molar-refractivity contribution in [2.24, 2.45) is 10.4 Å². The average molecular weight is 996 g/mol. The Balaban J connectivity index is 0.915. The van der Waals surface area contributed by atoms with Gasteiger partial charge < -0.3 is 30.6 Å². The maximum absolute atomic E-state index is 14.5. The molecule has 0 saturated carbocycles. The number of aliphatic imine (C=N–C) groups is 1. The molecule has 3 aromatic heterocycles. The fourth-order valence-corrected chi connectivity index (χ4v) is 11.8. The monoisotopic (exact) mass is 995 g/mol. The number of benzene rings is 3. The van der Waals surface area contributed by atoms with E-state index in [0.717, 1.165) is 65.0 Å². The highest BCUT2D eigenvalue weighted by Gasteiger charge is 2.45. The van der Waals surface area contributed by atoms with Crippen LogP contribution in [0.4, 0.5) is 5.69 Å². The van der Waals surface area contributed by atoms with Crippen molar-refractivity contribution in [1.29, 1.82) is 0 Å². The number of aromatic nitrogens is 4. The highest BCUT2D eigenvalue weighted by atomic mass is 32.1. The number of aliphatic hydroxyl groups excluding tert-OH is 1. The number of aliphatic hydroxyl groups is 1. The van der Waals surface area contributed by atoms with Gasteiger partial charge in [0.25, 0.3) is 0 Å². The van der Waals surface area contributed by atoms with Crippen LogP contribution in [0.3, 0.4) is 0 Å². The fraction of sp³-hybridized carbons (Fsp3) is 0.377. The molecular formula is C53H57N9O7S2. The van der Waals surface area contributed by atoms with Gasteiger partial charge in [-0.3, -0.25) is 33.5 Å². The summed E-state index contributed by atoms with van der Waals surface area (Å²) >= 11 is 3.16. The standard InChI is InChI=1S/C53H57N9O7S2/c1-27-30(4)71-52-45(27)46(56-39(23-44(66)67)49-59-58-31(5)62(49)52)35-14-11-33(12-15-35)37-18-13-34-19-20-43(65)60(40(34)21-37)25-42(64)57-48(53(6,7)8)51(69)61-24-38(63)22-41(61)50(68)55-28(2)32-9-16-36(17-10-32)47-29(3)54-26-70-47/h9-18,21,26,28,38-39,41,48,63H,19-20,22-25H2,1-8H3,(H,55,68)(H,57,64)(H,66,67)/t28-,38+,39-,41-,48+/m0/s1. The second kappa shape index (κ2) is 19.4. The van der Waals surface area contributed by atoms with Crippen LogP contribution in [-0.4, -0.2) is 101 Å². The molecule has 4 N–H and O–H groups in total. The van der Waals surface area contributed by atoms with Crippen LogP contribution >= 0.6 is 22.7 Å². The zero-order valence-electron chi connectivity index (χ0n) is 40.9. The van der Waals surface area contributed by atoms with Gasteiger partial charge in [0.05, 0.1) is 40.4 Å². The predicted molar refractivity (Wildman–Crippen MR) is 273 cm³/mol. The molecule has 0 spiro atoms. The van der Waals surface area contributed by atoms with E-state index in [1.54, 1.807) is 22.7 Å². The van der Waals surface area contributed by atoms with Crippen LogP contribution in [0.5, 0.6) is 0 Å². The summed E-state index contributed by atoms with van der Waals surface area (Å²) in [6.45, 7) is 14.8. The number of nitrogens with zero attached hydrogens (tertiary/aromatic N) is 7. The Hall–Kier alpha value is -6.89. The van der Waals surface area contributed by atoms with Gasteiger partial charge in [-0.15, -0.1) is 32.9 Å². The van der Waals surface area contributed by atoms with Crippen molar-refractivity contribution in [2.75, 3.05) is 18.0 Å². The van der Waals surface area contributed by atoms with Crippen LogP contribution in [0, 0.1) is 33.1 Å². The Kier molecular flexibility index (Phi) is 13.4. The molecule has 4 amide bonds. The van der Waals surface area contributed by atoms with E-state index in [9.17, 15) is 34.2 Å². The Bertz CT molecular complexity index is 3110. The highest BCUT2D eigenvalue weighted by Crippen LogP contribution is 2.41. The number of nitrogens with one attached hydrogen (secondary N) is 2. The maximum atomic E-state index is 14.5. The van der Waals surface area contributed by atoms with Gasteiger partial charge in [0.1, 0.15) is 35.5 Å². The van der Waals surface area contributed by atoms with Crippen LogP contribution in [0.2, 0.25) is 0 Å². The van der Waals surface area contributed by atoms with Gasteiger partial charge in [0.2, 0.25) is 23.6 Å².